The first kappa shape index (κ1) is 15.8. The van der Waals surface area contributed by atoms with Crippen molar-refractivity contribution < 1.29 is 9.18 Å². The summed E-state index contributed by atoms with van der Waals surface area (Å²) in [5, 5.41) is 2.94. The highest BCUT2D eigenvalue weighted by Gasteiger charge is 2.26. The molecule has 1 aromatic carbocycles. The van der Waals surface area contributed by atoms with Crippen molar-refractivity contribution in [3.63, 3.8) is 0 Å². The van der Waals surface area contributed by atoms with Crippen LogP contribution in [0.5, 0.6) is 0 Å². The molecule has 0 radical (unpaired) electrons. The van der Waals surface area contributed by atoms with Gasteiger partial charge in [-0.15, -0.1) is 0 Å². The molecule has 0 saturated carbocycles. The minimum Gasteiger partial charge on any atom is -0.367 e. The number of hydrogen-bond acceptors (Lipinski definition) is 3. The fourth-order valence-electron chi connectivity index (χ4n) is 2.63. The SMILES string of the molecule is CC(C)NC(=O)[C@H](C)N1CCN(c2ccccc2F)CC1. The molecule has 1 atom stereocenters. The van der Waals surface area contributed by atoms with E-state index in [0.29, 0.717) is 5.69 Å². The predicted molar refractivity (Wildman–Crippen MR) is 82.9 cm³/mol. The summed E-state index contributed by atoms with van der Waals surface area (Å²) in [6, 6.07) is 6.85. The largest absolute Gasteiger partial charge is 0.367 e. The summed E-state index contributed by atoms with van der Waals surface area (Å²) in [4.78, 5) is 16.2. The van der Waals surface area contributed by atoms with E-state index in [0.717, 1.165) is 26.2 Å². The van der Waals surface area contributed by atoms with Crippen molar-refractivity contribution in [1.29, 1.82) is 0 Å². The molecule has 0 spiro atoms. The molecule has 2 rings (SSSR count). The van der Waals surface area contributed by atoms with Crippen LogP contribution in [-0.2, 0) is 4.79 Å². The maximum atomic E-state index is 13.8. The molecular weight excluding hydrogens is 269 g/mol. The number of carbonyl (C=O) groups excluding carboxylic acids is 1. The minimum absolute atomic E-state index is 0.0596. The van der Waals surface area contributed by atoms with Crippen LogP contribution in [0.4, 0.5) is 10.1 Å². The van der Waals surface area contributed by atoms with Crippen molar-refractivity contribution in [3.8, 4) is 0 Å². The smallest absolute Gasteiger partial charge is 0.237 e. The van der Waals surface area contributed by atoms with E-state index in [1.165, 1.54) is 6.07 Å². The van der Waals surface area contributed by atoms with E-state index in [4.69, 9.17) is 0 Å². The van der Waals surface area contributed by atoms with Crippen LogP contribution in [0.2, 0.25) is 0 Å². The third kappa shape index (κ3) is 3.94. The molecule has 1 aliphatic heterocycles. The van der Waals surface area contributed by atoms with Gasteiger partial charge >= 0.3 is 0 Å². The quantitative estimate of drug-likeness (QED) is 0.920. The molecule has 21 heavy (non-hydrogen) atoms. The van der Waals surface area contributed by atoms with Gasteiger partial charge in [0.1, 0.15) is 5.82 Å². The standard InChI is InChI=1S/C16H24FN3O/c1-12(2)18-16(21)13(3)19-8-10-20(11-9-19)15-7-5-4-6-14(15)17/h4-7,12-13H,8-11H2,1-3H3,(H,18,21)/t13-/m0/s1. The van der Waals surface area contributed by atoms with Gasteiger partial charge in [0, 0.05) is 32.2 Å². The molecule has 0 bridgehead atoms. The zero-order chi connectivity index (χ0) is 15.4. The maximum absolute atomic E-state index is 13.8. The van der Waals surface area contributed by atoms with Crippen molar-refractivity contribution >= 4 is 11.6 Å². The lowest BCUT2D eigenvalue weighted by atomic mass is 10.2. The first-order chi connectivity index (χ1) is 9.99. The number of piperazine rings is 1. The topological polar surface area (TPSA) is 35.6 Å². The lowest BCUT2D eigenvalue weighted by Gasteiger charge is -2.38. The van der Waals surface area contributed by atoms with E-state index in [1.807, 2.05) is 31.7 Å². The van der Waals surface area contributed by atoms with Crippen molar-refractivity contribution in [1.82, 2.24) is 10.2 Å². The number of nitrogens with zero attached hydrogens (tertiary/aromatic N) is 2. The highest BCUT2D eigenvalue weighted by atomic mass is 19.1. The molecule has 0 aliphatic carbocycles. The van der Waals surface area contributed by atoms with Crippen LogP contribution >= 0.6 is 0 Å². The second-order valence-electron chi connectivity index (χ2n) is 5.81. The Kier molecular flexibility index (Phi) is 5.17. The molecule has 1 amide bonds. The summed E-state index contributed by atoms with van der Waals surface area (Å²) >= 11 is 0. The van der Waals surface area contributed by atoms with Gasteiger partial charge in [0.05, 0.1) is 11.7 Å². The third-order valence-electron chi connectivity index (χ3n) is 3.87. The molecule has 4 nitrogen and oxygen atoms in total. The average Bonchev–Trinajstić information content (AvgIpc) is 2.46. The van der Waals surface area contributed by atoms with Gasteiger partial charge in [-0.3, -0.25) is 9.69 Å². The number of benzene rings is 1. The van der Waals surface area contributed by atoms with Crippen LogP contribution in [0.1, 0.15) is 20.8 Å². The fourth-order valence-corrected chi connectivity index (χ4v) is 2.63. The fraction of sp³-hybridized carbons (Fsp3) is 0.562. The van der Waals surface area contributed by atoms with Crippen molar-refractivity contribution in [3.05, 3.63) is 30.1 Å². The van der Waals surface area contributed by atoms with E-state index in [-0.39, 0.29) is 23.8 Å². The van der Waals surface area contributed by atoms with Gasteiger partial charge in [0.25, 0.3) is 0 Å². The zero-order valence-corrected chi connectivity index (χ0v) is 13.0. The van der Waals surface area contributed by atoms with E-state index in [9.17, 15) is 9.18 Å². The van der Waals surface area contributed by atoms with Crippen LogP contribution in [0, 0.1) is 5.82 Å². The third-order valence-corrected chi connectivity index (χ3v) is 3.87. The van der Waals surface area contributed by atoms with Crippen LogP contribution in [0.15, 0.2) is 24.3 Å². The minimum atomic E-state index is -0.184. The van der Waals surface area contributed by atoms with Crippen molar-refractivity contribution in [2.45, 2.75) is 32.9 Å². The van der Waals surface area contributed by atoms with E-state index in [2.05, 4.69) is 10.2 Å². The van der Waals surface area contributed by atoms with Crippen molar-refractivity contribution in [2.24, 2.45) is 0 Å². The Morgan fingerprint density at radius 1 is 1.14 bits per heavy atom. The summed E-state index contributed by atoms with van der Waals surface area (Å²) < 4.78 is 13.8. The molecule has 1 aliphatic rings. The van der Waals surface area contributed by atoms with Crippen LogP contribution in [0.3, 0.4) is 0 Å². The lowest BCUT2D eigenvalue weighted by molar-refractivity contribution is -0.126. The molecule has 1 fully saturated rings. The number of hydrogen-bond donors (Lipinski definition) is 1. The summed E-state index contributed by atoms with van der Waals surface area (Å²) in [5.74, 6) is -0.124. The number of carbonyl (C=O) groups is 1. The summed E-state index contributed by atoms with van der Waals surface area (Å²) in [6.45, 7) is 8.85. The Labute approximate surface area is 125 Å². The molecule has 1 saturated heterocycles. The van der Waals surface area contributed by atoms with Crippen LogP contribution in [-0.4, -0.2) is 49.1 Å². The molecular formula is C16H24FN3O. The Morgan fingerprint density at radius 3 is 2.33 bits per heavy atom. The number of halogens is 1. The monoisotopic (exact) mass is 293 g/mol. The van der Waals surface area contributed by atoms with Gasteiger partial charge in [0.2, 0.25) is 5.91 Å². The second-order valence-corrected chi connectivity index (χ2v) is 5.81. The maximum Gasteiger partial charge on any atom is 0.237 e. The number of amides is 1. The van der Waals surface area contributed by atoms with Gasteiger partial charge in [-0.25, -0.2) is 4.39 Å². The number of nitrogens with one attached hydrogen (secondary N) is 1. The molecule has 5 heteroatoms. The molecule has 0 aromatic heterocycles. The molecule has 1 heterocycles. The first-order valence-corrected chi connectivity index (χ1v) is 7.53. The van der Waals surface area contributed by atoms with Crippen LogP contribution < -0.4 is 10.2 Å². The Morgan fingerprint density at radius 2 is 1.76 bits per heavy atom. The van der Waals surface area contributed by atoms with Gasteiger partial charge in [-0.1, -0.05) is 12.1 Å². The highest BCUT2D eigenvalue weighted by molar-refractivity contribution is 5.81. The van der Waals surface area contributed by atoms with E-state index in [1.54, 1.807) is 12.1 Å². The molecule has 116 valence electrons. The number of anilines is 1. The number of rotatable bonds is 4. The highest BCUT2D eigenvalue weighted by Crippen LogP contribution is 2.20. The molecule has 0 unspecified atom stereocenters. The van der Waals surface area contributed by atoms with Crippen LogP contribution in [0.25, 0.3) is 0 Å². The second kappa shape index (κ2) is 6.89. The number of para-hydroxylation sites is 1. The predicted octanol–water partition coefficient (Wildman–Crippen LogP) is 1.86. The first-order valence-electron chi connectivity index (χ1n) is 7.53. The van der Waals surface area contributed by atoms with Crippen molar-refractivity contribution in [2.75, 3.05) is 31.1 Å². The lowest BCUT2D eigenvalue weighted by Crippen LogP contribution is -2.54. The average molecular weight is 293 g/mol. The van der Waals surface area contributed by atoms with E-state index < -0.39 is 0 Å². The van der Waals surface area contributed by atoms with Gasteiger partial charge in [-0.2, -0.15) is 0 Å². The summed E-state index contributed by atoms with van der Waals surface area (Å²) in [5.41, 5.74) is 0.649. The Bertz CT molecular complexity index is 484. The van der Waals surface area contributed by atoms with E-state index >= 15 is 0 Å². The Balaban J connectivity index is 1.91. The normalized spacial score (nSPS) is 17.9. The molecule has 1 N–H and O–H groups in total. The van der Waals surface area contributed by atoms with Gasteiger partial charge < -0.3 is 10.2 Å². The summed E-state index contributed by atoms with van der Waals surface area (Å²) in [7, 11) is 0. The van der Waals surface area contributed by atoms with Gasteiger partial charge in [0.15, 0.2) is 0 Å². The Hall–Kier alpha value is -1.62. The summed E-state index contributed by atoms with van der Waals surface area (Å²) in [6.07, 6.45) is 0. The zero-order valence-electron chi connectivity index (χ0n) is 13.0. The molecule has 1 aromatic rings. The van der Waals surface area contributed by atoms with Gasteiger partial charge in [-0.05, 0) is 32.9 Å².